The maximum Gasteiger partial charge on any atom is 0.418 e. The number of carbonyl (C=O) groups excluding carboxylic acids is 3. The second kappa shape index (κ2) is 15.1. The maximum atomic E-state index is 13.2. The predicted octanol–water partition coefficient (Wildman–Crippen LogP) is 5.00. The van der Waals surface area contributed by atoms with E-state index in [4.69, 9.17) is 14.2 Å². The van der Waals surface area contributed by atoms with Crippen molar-refractivity contribution in [1.82, 2.24) is 5.43 Å². The van der Waals surface area contributed by atoms with Gasteiger partial charge in [-0.3, -0.25) is 14.4 Å². The van der Waals surface area contributed by atoms with E-state index in [1.807, 2.05) is 6.92 Å². The SMILES string of the molecule is CCCOc1ccc(NC(=O)C(=O)N/N=C\c2ccc(OCC(=O)Nc3ccccc3C(F)(F)F)c(OCC)c2)cc1. The molecule has 0 aliphatic carbocycles. The second-order valence-electron chi connectivity index (χ2n) is 8.55. The summed E-state index contributed by atoms with van der Waals surface area (Å²) < 4.78 is 56.0. The van der Waals surface area contributed by atoms with E-state index in [1.165, 1.54) is 36.5 Å². The molecule has 0 saturated heterocycles. The van der Waals surface area contributed by atoms with E-state index in [2.05, 4.69) is 21.2 Å². The number of amides is 3. The summed E-state index contributed by atoms with van der Waals surface area (Å²) in [6.45, 7) is 3.92. The first-order chi connectivity index (χ1) is 20.1. The number of hydrogen-bond donors (Lipinski definition) is 3. The van der Waals surface area contributed by atoms with Crippen LogP contribution in [0.3, 0.4) is 0 Å². The first-order valence-corrected chi connectivity index (χ1v) is 12.8. The topological polar surface area (TPSA) is 127 Å². The molecule has 0 spiro atoms. The van der Waals surface area contributed by atoms with Gasteiger partial charge in [-0.25, -0.2) is 5.43 Å². The molecule has 0 aliphatic heterocycles. The summed E-state index contributed by atoms with van der Waals surface area (Å²) in [5.74, 6) is -1.71. The molecule has 3 N–H and O–H groups in total. The lowest BCUT2D eigenvalue weighted by Crippen LogP contribution is -2.32. The number of ether oxygens (including phenoxy) is 3. The van der Waals surface area contributed by atoms with Gasteiger partial charge in [-0.05, 0) is 73.5 Å². The summed E-state index contributed by atoms with van der Waals surface area (Å²) in [4.78, 5) is 36.6. The van der Waals surface area contributed by atoms with Crippen LogP contribution in [-0.4, -0.2) is 43.8 Å². The Kier molecular flexibility index (Phi) is 11.3. The van der Waals surface area contributed by atoms with Crippen molar-refractivity contribution in [2.24, 2.45) is 5.10 Å². The van der Waals surface area contributed by atoms with Crippen molar-refractivity contribution in [3.63, 3.8) is 0 Å². The highest BCUT2D eigenvalue weighted by molar-refractivity contribution is 6.39. The standard InChI is InChI=1S/C29H29F3N4O6/c1-3-15-41-21-12-10-20(11-13-21)34-27(38)28(39)36-33-17-19-9-14-24(25(16-19)40-4-2)42-18-26(37)35-23-8-6-5-7-22(23)29(30,31)32/h5-14,16-17H,3-4,15,18H2,1-2H3,(H,34,38)(H,35,37)(H,36,39)/b33-17-. The zero-order valence-electron chi connectivity index (χ0n) is 22.8. The van der Waals surface area contributed by atoms with E-state index in [-0.39, 0.29) is 23.8 Å². The van der Waals surface area contributed by atoms with Crippen LogP contribution in [0.1, 0.15) is 31.4 Å². The van der Waals surface area contributed by atoms with Crippen LogP contribution in [-0.2, 0) is 20.6 Å². The molecule has 0 aromatic heterocycles. The third kappa shape index (κ3) is 9.54. The first kappa shape index (κ1) is 31.5. The van der Waals surface area contributed by atoms with Gasteiger partial charge in [0, 0.05) is 5.69 Å². The molecular weight excluding hydrogens is 557 g/mol. The Morgan fingerprint density at radius 2 is 1.60 bits per heavy atom. The number of nitrogens with one attached hydrogen (secondary N) is 3. The van der Waals surface area contributed by atoms with E-state index >= 15 is 0 Å². The summed E-state index contributed by atoms with van der Waals surface area (Å²) in [5, 5.41) is 8.42. The van der Waals surface area contributed by atoms with Crippen LogP contribution in [0.5, 0.6) is 17.2 Å². The van der Waals surface area contributed by atoms with Gasteiger partial charge in [0.25, 0.3) is 5.91 Å². The lowest BCUT2D eigenvalue weighted by atomic mass is 10.1. The van der Waals surface area contributed by atoms with Gasteiger partial charge in [-0.15, -0.1) is 0 Å². The van der Waals surface area contributed by atoms with E-state index in [9.17, 15) is 27.6 Å². The lowest BCUT2D eigenvalue weighted by molar-refractivity contribution is -0.137. The molecule has 0 aliphatic rings. The molecule has 0 heterocycles. The van der Waals surface area contributed by atoms with Gasteiger partial charge in [-0.2, -0.15) is 18.3 Å². The number of alkyl halides is 3. The average Bonchev–Trinajstić information content (AvgIpc) is 2.96. The first-order valence-electron chi connectivity index (χ1n) is 12.8. The van der Waals surface area contributed by atoms with E-state index in [0.29, 0.717) is 23.6 Å². The Labute approximate surface area is 239 Å². The molecule has 0 unspecified atom stereocenters. The fourth-order valence-electron chi connectivity index (χ4n) is 3.42. The number of nitrogens with zero attached hydrogens (tertiary/aromatic N) is 1. The normalized spacial score (nSPS) is 11.1. The highest BCUT2D eigenvalue weighted by Gasteiger charge is 2.33. The zero-order valence-corrected chi connectivity index (χ0v) is 22.8. The number of rotatable bonds is 12. The summed E-state index contributed by atoms with van der Waals surface area (Å²) in [6, 6.07) is 15.6. The van der Waals surface area contributed by atoms with Crippen molar-refractivity contribution in [3.8, 4) is 17.2 Å². The molecule has 0 radical (unpaired) electrons. The summed E-state index contributed by atoms with van der Waals surface area (Å²) >= 11 is 0. The number of hydrogen-bond acceptors (Lipinski definition) is 7. The number of para-hydroxylation sites is 1. The van der Waals surface area contributed by atoms with Crippen molar-refractivity contribution >= 4 is 35.3 Å². The minimum atomic E-state index is -4.64. The molecule has 222 valence electrons. The van der Waals surface area contributed by atoms with E-state index < -0.39 is 36.1 Å². The predicted molar refractivity (Wildman–Crippen MR) is 150 cm³/mol. The van der Waals surface area contributed by atoms with Crippen molar-refractivity contribution in [2.75, 3.05) is 30.5 Å². The van der Waals surface area contributed by atoms with Crippen LogP contribution in [0.15, 0.2) is 71.8 Å². The van der Waals surface area contributed by atoms with Gasteiger partial charge in [0.2, 0.25) is 0 Å². The summed E-state index contributed by atoms with van der Waals surface area (Å²) in [7, 11) is 0. The average molecular weight is 587 g/mol. The molecule has 13 heteroatoms. The van der Waals surface area contributed by atoms with Crippen LogP contribution >= 0.6 is 0 Å². The van der Waals surface area contributed by atoms with Crippen molar-refractivity contribution in [3.05, 3.63) is 77.9 Å². The van der Waals surface area contributed by atoms with Gasteiger partial charge in [-0.1, -0.05) is 19.1 Å². The minimum Gasteiger partial charge on any atom is -0.494 e. The Hall–Kier alpha value is -5.07. The molecule has 0 fully saturated rings. The largest absolute Gasteiger partial charge is 0.494 e. The summed E-state index contributed by atoms with van der Waals surface area (Å²) in [6.07, 6.45) is -2.52. The zero-order chi connectivity index (χ0) is 30.5. The van der Waals surface area contributed by atoms with Crippen molar-refractivity contribution < 1.29 is 41.8 Å². The fraction of sp³-hybridized carbons (Fsp3) is 0.241. The van der Waals surface area contributed by atoms with Crippen LogP contribution in [0.4, 0.5) is 24.5 Å². The number of hydrazone groups is 1. The molecule has 3 amide bonds. The highest BCUT2D eigenvalue weighted by Crippen LogP contribution is 2.34. The Bertz CT molecular complexity index is 1410. The Morgan fingerprint density at radius 3 is 2.29 bits per heavy atom. The van der Waals surface area contributed by atoms with Gasteiger partial charge < -0.3 is 24.8 Å². The molecule has 42 heavy (non-hydrogen) atoms. The highest BCUT2D eigenvalue weighted by atomic mass is 19.4. The Morgan fingerprint density at radius 1 is 0.857 bits per heavy atom. The van der Waals surface area contributed by atoms with Crippen LogP contribution in [0.25, 0.3) is 0 Å². The molecular formula is C29H29F3N4O6. The number of anilines is 2. The van der Waals surface area contributed by atoms with Crippen LogP contribution in [0, 0.1) is 0 Å². The second-order valence-corrected chi connectivity index (χ2v) is 8.55. The van der Waals surface area contributed by atoms with E-state index in [0.717, 1.165) is 18.6 Å². The Balaban J connectivity index is 1.55. The van der Waals surface area contributed by atoms with Crippen molar-refractivity contribution in [1.29, 1.82) is 0 Å². The minimum absolute atomic E-state index is 0.155. The quantitative estimate of drug-likeness (QED) is 0.156. The van der Waals surface area contributed by atoms with E-state index in [1.54, 1.807) is 31.2 Å². The maximum absolute atomic E-state index is 13.2. The molecule has 3 aromatic rings. The lowest BCUT2D eigenvalue weighted by Gasteiger charge is -2.15. The molecule has 10 nitrogen and oxygen atoms in total. The monoisotopic (exact) mass is 586 g/mol. The van der Waals surface area contributed by atoms with Gasteiger partial charge in [0.15, 0.2) is 18.1 Å². The molecule has 0 atom stereocenters. The van der Waals surface area contributed by atoms with Gasteiger partial charge in [0.1, 0.15) is 5.75 Å². The van der Waals surface area contributed by atoms with Crippen molar-refractivity contribution in [2.45, 2.75) is 26.4 Å². The third-order valence-corrected chi connectivity index (χ3v) is 5.30. The van der Waals surface area contributed by atoms with Crippen LogP contribution < -0.4 is 30.3 Å². The molecule has 3 rings (SSSR count). The molecule has 0 saturated carbocycles. The summed E-state index contributed by atoms with van der Waals surface area (Å²) in [5.41, 5.74) is 1.61. The van der Waals surface area contributed by atoms with Gasteiger partial charge >= 0.3 is 18.0 Å². The van der Waals surface area contributed by atoms with Gasteiger partial charge in [0.05, 0.1) is 30.7 Å². The molecule has 0 bridgehead atoms. The number of halogens is 3. The molecule has 3 aromatic carbocycles. The van der Waals surface area contributed by atoms with Crippen LogP contribution in [0.2, 0.25) is 0 Å². The fourth-order valence-corrected chi connectivity index (χ4v) is 3.42. The number of benzene rings is 3. The number of carbonyl (C=O) groups is 3. The third-order valence-electron chi connectivity index (χ3n) is 5.30. The smallest absolute Gasteiger partial charge is 0.418 e.